The predicted molar refractivity (Wildman–Crippen MR) is 88.3 cm³/mol. The zero-order chi connectivity index (χ0) is 17.8. The number of carboxylic acids is 1. The van der Waals surface area contributed by atoms with Gasteiger partial charge in [0.2, 0.25) is 10.0 Å². The maximum atomic E-state index is 13.0. The lowest BCUT2D eigenvalue weighted by Crippen LogP contribution is -2.37. The number of nitrogens with zero attached hydrogens (tertiary/aromatic N) is 2. The lowest BCUT2D eigenvalue weighted by molar-refractivity contribution is -0.142. The van der Waals surface area contributed by atoms with Crippen LogP contribution in [0, 0.1) is 12.8 Å². The molecule has 4 rings (SSSR count). The number of aliphatic carboxylic acids is 1. The average Bonchev–Trinajstić information content (AvgIpc) is 3.29. The minimum atomic E-state index is -3.71. The van der Waals surface area contributed by atoms with Crippen molar-refractivity contribution >= 4 is 16.0 Å². The molecule has 0 aliphatic carbocycles. The highest BCUT2D eigenvalue weighted by atomic mass is 32.2. The van der Waals surface area contributed by atoms with Gasteiger partial charge in [0.15, 0.2) is 5.89 Å². The number of oxazole rings is 1. The highest BCUT2D eigenvalue weighted by Gasteiger charge is 2.54. The number of hydrogen-bond donors (Lipinski definition) is 1. The molecule has 3 atom stereocenters. The first-order chi connectivity index (χ1) is 11.9. The molecule has 1 N–H and O–H groups in total. The number of aromatic nitrogens is 1. The standard InChI is InChI=1S/C17H18N2O5S/c1-10-18-15(9-24-10)11-2-5-13(6-3-11)25(22,23)19-12-4-7-16(19)14(8-12)17(20)21/h2-3,5-6,9,12,14,16H,4,7-8H2,1H3,(H,20,21). The first-order valence-electron chi connectivity index (χ1n) is 8.17. The molecule has 2 bridgehead atoms. The summed E-state index contributed by atoms with van der Waals surface area (Å²) in [6.45, 7) is 1.74. The zero-order valence-corrected chi connectivity index (χ0v) is 14.4. The Hall–Kier alpha value is -2.19. The van der Waals surface area contributed by atoms with Crippen molar-refractivity contribution in [2.75, 3.05) is 0 Å². The van der Waals surface area contributed by atoms with E-state index in [0.717, 1.165) is 12.0 Å². The lowest BCUT2D eigenvalue weighted by Gasteiger charge is -2.22. The summed E-state index contributed by atoms with van der Waals surface area (Å²) in [6.07, 6.45) is 3.26. The number of hydrogen-bond acceptors (Lipinski definition) is 5. The van der Waals surface area contributed by atoms with Gasteiger partial charge in [-0.05, 0) is 31.4 Å². The van der Waals surface area contributed by atoms with E-state index in [4.69, 9.17) is 4.42 Å². The van der Waals surface area contributed by atoms with Crippen LogP contribution in [0.5, 0.6) is 0 Å². The fraction of sp³-hybridized carbons (Fsp3) is 0.412. The summed E-state index contributed by atoms with van der Waals surface area (Å²) in [4.78, 5) is 15.8. The molecule has 2 saturated heterocycles. The van der Waals surface area contributed by atoms with Crippen molar-refractivity contribution in [3.63, 3.8) is 0 Å². The molecule has 0 radical (unpaired) electrons. The molecule has 2 aliphatic rings. The molecule has 132 valence electrons. The quantitative estimate of drug-likeness (QED) is 0.895. The summed E-state index contributed by atoms with van der Waals surface area (Å²) in [5, 5.41) is 9.32. The summed E-state index contributed by atoms with van der Waals surface area (Å²) >= 11 is 0. The molecule has 2 fully saturated rings. The Morgan fingerprint density at radius 1 is 1.28 bits per heavy atom. The average molecular weight is 362 g/mol. The van der Waals surface area contributed by atoms with Crippen molar-refractivity contribution in [1.82, 2.24) is 9.29 Å². The van der Waals surface area contributed by atoms with Gasteiger partial charge in [-0.3, -0.25) is 4.79 Å². The molecule has 25 heavy (non-hydrogen) atoms. The highest BCUT2D eigenvalue weighted by Crippen LogP contribution is 2.45. The third-order valence-electron chi connectivity index (χ3n) is 5.13. The van der Waals surface area contributed by atoms with Crippen molar-refractivity contribution in [1.29, 1.82) is 0 Å². The number of carbonyl (C=O) groups is 1. The summed E-state index contributed by atoms with van der Waals surface area (Å²) in [5.74, 6) is -0.977. The van der Waals surface area contributed by atoms with Crippen LogP contribution in [0.15, 0.2) is 39.8 Å². The molecule has 2 aromatic rings. The van der Waals surface area contributed by atoms with E-state index in [1.54, 1.807) is 31.2 Å². The molecule has 3 unspecified atom stereocenters. The second-order valence-corrected chi connectivity index (χ2v) is 8.43. The van der Waals surface area contributed by atoms with Crippen LogP contribution in [0.25, 0.3) is 11.3 Å². The van der Waals surface area contributed by atoms with Crippen molar-refractivity contribution in [2.24, 2.45) is 5.92 Å². The number of benzene rings is 1. The van der Waals surface area contributed by atoms with Gasteiger partial charge in [0.1, 0.15) is 12.0 Å². The molecule has 7 nitrogen and oxygen atoms in total. The van der Waals surface area contributed by atoms with Gasteiger partial charge in [-0.2, -0.15) is 4.31 Å². The van der Waals surface area contributed by atoms with Gasteiger partial charge >= 0.3 is 5.97 Å². The molecular formula is C17H18N2O5S. The van der Waals surface area contributed by atoms with Crippen LogP contribution < -0.4 is 0 Å². The molecule has 0 spiro atoms. The lowest BCUT2D eigenvalue weighted by atomic mass is 9.89. The summed E-state index contributed by atoms with van der Waals surface area (Å²) < 4.78 is 32.6. The van der Waals surface area contributed by atoms with Crippen LogP contribution in [0.1, 0.15) is 25.2 Å². The monoisotopic (exact) mass is 362 g/mol. The smallest absolute Gasteiger partial charge is 0.308 e. The molecule has 8 heteroatoms. The molecule has 0 saturated carbocycles. The van der Waals surface area contributed by atoms with Gasteiger partial charge in [-0.25, -0.2) is 13.4 Å². The number of carboxylic acid groups (broad SMARTS) is 1. The molecule has 1 aromatic heterocycles. The Kier molecular flexibility index (Phi) is 3.69. The number of sulfonamides is 1. The Morgan fingerprint density at radius 2 is 2.00 bits per heavy atom. The summed E-state index contributed by atoms with van der Waals surface area (Å²) in [7, 11) is -3.71. The summed E-state index contributed by atoms with van der Waals surface area (Å²) in [6, 6.07) is 5.82. The first-order valence-corrected chi connectivity index (χ1v) is 9.61. The Morgan fingerprint density at radius 3 is 2.56 bits per heavy atom. The topological polar surface area (TPSA) is 101 Å². The minimum absolute atomic E-state index is 0.180. The van der Waals surface area contributed by atoms with E-state index in [1.807, 2.05) is 0 Å². The van der Waals surface area contributed by atoms with Crippen LogP contribution in [0.2, 0.25) is 0 Å². The van der Waals surface area contributed by atoms with E-state index in [0.29, 0.717) is 24.4 Å². The third kappa shape index (κ3) is 2.56. The van der Waals surface area contributed by atoms with E-state index in [9.17, 15) is 18.3 Å². The van der Waals surface area contributed by atoms with Gasteiger partial charge in [-0.15, -0.1) is 0 Å². The van der Waals surface area contributed by atoms with E-state index < -0.39 is 28.0 Å². The van der Waals surface area contributed by atoms with Crippen molar-refractivity contribution < 1.29 is 22.7 Å². The van der Waals surface area contributed by atoms with E-state index in [-0.39, 0.29) is 10.9 Å². The van der Waals surface area contributed by atoms with Crippen LogP contribution in [0.3, 0.4) is 0 Å². The van der Waals surface area contributed by atoms with Crippen molar-refractivity contribution in [3.8, 4) is 11.3 Å². The van der Waals surface area contributed by atoms with Crippen LogP contribution in [-0.4, -0.2) is 40.9 Å². The van der Waals surface area contributed by atoms with Crippen LogP contribution in [0.4, 0.5) is 0 Å². The van der Waals surface area contributed by atoms with Crippen molar-refractivity contribution in [2.45, 2.75) is 43.2 Å². The van der Waals surface area contributed by atoms with Crippen LogP contribution >= 0.6 is 0 Å². The maximum Gasteiger partial charge on any atom is 0.308 e. The van der Waals surface area contributed by atoms with Gasteiger partial charge < -0.3 is 9.52 Å². The molecule has 2 aliphatic heterocycles. The second-order valence-electron chi connectivity index (χ2n) is 6.59. The number of fused-ring (bicyclic) bond motifs is 2. The maximum absolute atomic E-state index is 13.0. The fourth-order valence-electron chi connectivity index (χ4n) is 3.99. The van der Waals surface area contributed by atoms with Crippen molar-refractivity contribution in [3.05, 3.63) is 36.4 Å². The Labute approximate surface area is 145 Å². The van der Waals surface area contributed by atoms with E-state index >= 15 is 0 Å². The minimum Gasteiger partial charge on any atom is -0.481 e. The number of rotatable bonds is 4. The second kappa shape index (κ2) is 5.67. The van der Waals surface area contributed by atoms with Gasteiger partial charge in [0.05, 0.1) is 10.8 Å². The third-order valence-corrected chi connectivity index (χ3v) is 7.13. The highest BCUT2D eigenvalue weighted by molar-refractivity contribution is 7.89. The Bertz CT molecular complexity index is 919. The first kappa shape index (κ1) is 16.3. The van der Waals surface area contributed by atoms with Gasteiger partial charge in [0.25, 0.3) is 0 Å². The fourth-order valence-corrected chi connectivity index (χ4v) is 5.91. The predicted octanol–water partition coefficient (Wildman–Crippen LogP) is 2.28. The van der Waals surface area contributed by atoms with Gasteiger partial charge in [-0.1, -0.05) is 12.1 Å². The zero-order valence-electron chi connectivity index (χ0n) is 13.6. The SMILES string of the molecule is Cc1nc(-c2ccc(S(=O)(=O)N3C4CCC3C(C(=O)O)C4)cc2)co1. The van der Waals surface area contributed by atoms with E-state index in [2.05, 4.69) is 4.98 Å². The normalized spacial score (nSPS) is 26.2. The summed E-state index contributed by atoms with van der Waals surface area (Å²) in [5.41, 5.74) is 1.41. The molecule has 0 amide bonds. The number of aryl methyl sites for hydroxylation is 1. The molecular weight excluding hydrogens is 344 g/mol. The van der Waals surface area contributed by atoms with Crippen LogP contribution in [-0.2, 0) is 14.8 Å². The van der Waals surface area contributed by atoms with E-state index in [1.165, 1.54) is 10.6 Å². The molecule has 3 heterocycles. The largest absolute Gasteiger partial charge is 0.481 e. The molecule has 1 aromatic carbocycles. The Balaban J connectivity index is 1.64. The van der Waals surface area contributed by atoms with Gasteiger partial charge in [0, 0.05) is 24.6 Å².